The first-order chi connectivity index (χ1) is 20.4. The van der Waals surface area contributed by atoms with E-state index in [0.29, 0.717) is 17.9 Å². The van der Waals surface area contributed by atoms with Crippen molar-refractivity contribution in [3.63, 3.8) is 0 Å². The van der Waals surface area contributed by atoms with Gasteiger partial charge in [-0.15, -0.1) is 0 Å². The first-order valence-electron chi connectivity index (χ1n) is 14.5. The quantitative estimate of drug-likeness (QED) is 0.173. The Morgan fingerprint density at radius 1 is 0.929 bits per heavy atom. The summed E-state index contributed by atoms with van der Waals surface area (Å²) in [5.41, 5.74) is 7.23. The van der Waals surface area contributed by atoms with E-state index in [4.69, 9.17) is 9.47 Å². The van der Waals surface area contributed by atoms with Gasteiger partial charge in [-0.1, -0.05) is 73.3 Å². The molecule has 0 saturated carbocycles. The highest BCUT2D eigenvalue weighted by Gasteiger charge is 2.52. The molecule has 1 atom stereocenters. The maximum absolute atomic E-state index is 13.6. The molecule has 0 saturated heterocycles. The Kier molecular flexibility index (Phi) is 7.11. The summed E-state index contributed by atoms with van der Waals surface area (Å²) in [6.45, 7) is 12.4. The summed E-state index contributed by atoms with van der Waals surface area (Å²) in [4.78, 5) is 15.9. The summed E-state index contributed by atoms with van der Waals surface area (Å²) in [5.74, 6) is 0.348. The third kappa shape index (κ3) is 4.28. The predicted molar refractivity (Wildman–Crippen MR) is 170 cm³/mol. The van der Waals surface area contributed by atoms with Crippen molar-refractivity contribution in [2.45, 2.75) is 33.0 Å². The van der Waals surface area contributed by atoms with Crippen molar-refractivity contribution in [3.8, 4) is 5.75 Å². The van der Waals surface area contributed by atoms with Crippen LogP contribution in [0.25, 0.3) is 17.0 Å². The fourth-order valence-electron chi connectivity index (χ4n) is 6.32. The molecule has 42 heavy (non-hydrogen) atoms. The number of aryl methyl sites for hydroxylation is 1. The molecular formula is C37H36N2O3. The summed E-state index contributed by atoms with van der Waals surface area (Å²) in [6.07, 6.45) is 1.83. The van der Waals surface area contributed by atoms with Crippen LogP contribution in [0.2, 0.25) is 0 Å². The number of esters is 1. The molecule has 0 fully saturated rings. The zero-order chi connectivity index (χ0) is 29.4. The lowest BCUT2D eigenvalue weighted by atomic mass is 9.78. The topological polar surface area (TPSA) is 43.7 Å². The van der Waals surface area contributed by atoms with E-state index in [1.807, 2.05) is 54.6 Å². The van der Waals surface area contributed by atoms with E-state index in [2.05, 4.69) is 86.3 Å². The number of carbonyl (C=O) groups excluding carboxylic acids is 1. The maximum atomic E-state index is 13.6. The second-order valence-corrected chi connectivity index (χ2v) is 10.7. The van der Waals surface area contributed by atoms with Crippen LogP contribution in [-0.2, 0) is 24.0 Å². The van der Waals surface area contributed by atoms with Crippen LogP contribution in [0.15, 0.2) is 97.6 Å². The summed E-state index contributed by atoms with van der Waals surface area (Å²) < 4.78 is 15.5. The van der Waals surface area contributed by atoms with E-state index in [-0.39, 0.29) is 5.97 Å². The number of anilines is 1. The molecule has 0 amide bonds. The number of benzene rings is 4. The summed E-state index contributed by atoms with van der Waals surface area (Å²) in [6, 6.07) is 30.5. The summed E-state index contributed by atoms with van der Waals surface area (Å²) in [5, 5.41) is 1.04. The Bertz CT molecular complexity index is 1800. The van der Waals surface area contributed by atoms with Crippen molar-refractivity contribution >= 4 is 28.6 Å². The highest BCUT2D eigenvalue weighted by atomic mass is 16.6. The molecular weight excluding hydrogens is 520 g/mol. The largest absolute Gasteiger partial charge is 0.488 e. The van der Waals surface area contributed by atoms with Gasteiger partial charge in [0.05, 0.1) is 5.56 Å². The minimum Gasteiger partial charge on any atom is -0.488 e. The van der Waals surface area contributed by atoms with Crippen LogP contribution in [0.5, 0.6) is 5.75 Å². The second-order valence-electron chi connectivity index (χ2n) is 10.7. The van der Waals surface area contributed by atoms with Gasteiger partial charge < -0.3 is 18.9 Å². The number of fused-ring (bicyclic) bond motifs is 2. The van der Waals surface area contributed by atoms with E-state index in [1.165, 1.54) is 0 Å². The maximum Gasteiger partial charge on any atom is 0.340 e. The fourth-order valence-corrected chi connectivity index (χ4v) is 6.32. The SMILES string of the molecule is C=Cc1ccc(COc2cc(N(CC)CC)ccc2C2(c3c(C)n(C)c4ccccc34)OC(=O)c3ccccc32)cc1. The van der Waals surface area contributed by atoms with Crippen LogP contribution < -0.4 is 9.64 Å². The zero-order valence-electron chi connectivity index (χ0n) is 24.7. The van der Waals surface area contributed by atoms with E-state index in [0.717, 1.165) is 63.2 Å². The van der Waals surface area contributed by atoms with Gasteiger partial charge in [0.15, 0.2) is 5.60 Å². The van der Waals surface area contributed by atoms with Crippen molar-refractivity contribution in [2.24, 2.45) is 7.05 Å². The molecule has 0 aliphatic carbocycles. The van der Waals surface area contributed by atoms with Crippen molar-refractivity contribution in [2.75, 3.05) is 18.0 Å². The molecule has 2 heterocycles. The molecule has 5 aromatic rings. The highest BCUT2D eigenvalue weighted by Crippen LogP contribution is 2.53. The van der Waals surface area contributed by atoms with Crippen LogP contribution >= 0.6 is 0 Å². The number of rotatable bonds is 9. The van der Waals surface area contributed by atoms with Crippen molar-refractivity contribution in [1.82, 2.24) is 4.57 Å². The Morgan fingerprint density at radius 3 is 2.38 bits per heavy atom. The third-order valence-electron chi connectivity index (χ3n) is 8.61. The molecule has 1 aliphatic heterocycles. The smallest absolute Gasteiger partial charge is 0.340 e. The summed E-state index contributed by atoms with van der Waals surface area (Å²) in [7, 11) is 2.06. The number of cyclic esters (lactones) is 1. The molecule has 0 N–H and O–H groups in total. The number of aromatic nitrogens is 1. The van der Waals surface area contributed by atoms with E-state index in [9.17, 15) is 4.79 Å². The van der Waals surface area contributed by atoms with Crippen LogP contribution in [-0.4, -0.2) is 23.6 Å². The number of ether oxygens (including phenoxy) is 2. The molecule has 1 unspecified atom stereocenters. The molecule has 0 spiro atoms. The first-order valence-corrected chi connectivity index (χ1v) is 14.5. The van der Waals surface area contributed by atoms with Gasteiger partial charge in [-0.2, -0.15) is 0 Å². The van der Waals surface area contributed by atoms with Gasteiger partial charge in [0.2, 0.25) is 0 Å². The number of hydrogen-bond donors (Lipinski definition) is 0. The molecule has 1 aliphatic rings. The molecule has 4 aromatic carbocycles. The Labute approximate surface area is 247 Å². The Balaban J connectivity index is 1.62. The third-order valence-corrected chi connectivity index (χ3v) is 8.61. The number of para-hydroxylation sites is 1. The van der Waals surface area contributed by atoms with Crippen molar-refractivity contribution in [3.05, 3.63) is 137 Å². The predicted octanol–water partition coefficient (Wildman–Crippen LogP) is 8.02. The number of nitrogens with zero attached hydrogens (tertiary/aromatic N) is 2. The lowest BCUT2D eigenvalue weighted by Gasteiger charge is -2.33. The van der Waals surface area contributed by atoms with Crippen LogP contribution in [0.4, 0.5) is 5.69 Å². The van der Waals surface area contributed by atoms with Gasteiger partial charge in [0.1, 0.15) is 12.4 Å². The molecule has 212 valence electrons. The monoisotopic (exact) mass is 556 g/mol. The van der Waals surface area contributed by atoms with E-state index < -0.39 is 5.60 Å². The Morgan fingerprint density at radius 2 is 1.64 bits per heavy atom. The van der Waals surface area contributed by atoms with Crippen molar-refractivity contribution in [1.29, 1.82) is 0 Å². The minimum atomic E-state index is -1.19. The van der Waals surface area contributed by atoms with Gasteiger partial charge in [-0.25, -0.2) is 4.79 Å². The minimum absolute atomic E-state index is 0.336. The Hall–Kier alpha value is -4.77. The van der Waals surface area contributed by atoms with Crippen LogP contribution in [0.1, 0.15) is 57.7 Å². The lowest BCUT2D eigenvalue weighted by Crippen LogP contribution is -2.31. The van der Waals surface area contributed by atoms with Gasteiger partial charge in [0, 0.05) is 65.2 Å². The molecule has 6 rings (SSSR count). The second kappa shape index (κ2) is 10.9. The first kappa shape index (κ1) is 27.4. The molecule has 0 bridgehead atoms. The molecule has 0 radical (unpaired) electrons. The number of carbonyl (C=O) groups is 1. The fraction of sp³-hybridized carbons (Fsp3) is 0.216. The average molecular weight is 557 g/mol. The molecule has 5 heteroatoms. The van der Waals surface area contributed by atoms with Crippen LogP contribution in [0, 0.1) is 6.92 Å². The van der Waals surface area contributed by atoms with Gasteiger partial charge in [0.25, 0.3) is 0 Å². The number of hydrogen-bond acceptors (Lipinski definition) is 4. The lowest BCUT2D eigenvalue weighted by molar-refractivity contribution is 0.0245. The van der Waals surface area contributed by atoms with E-state index in [1.54, 1.807) is 0 Å². The normalized spacial score (nSPS) is 15.9. The van der Waals surface area contributed by atoms with Crippen LogP contribution in [0.3, 0.4) is 0 Å². The van der Waals surface area contributed by atoms with Gasteiger partial charge in [-0.3, -0.25) is 0 Å². The van der Waals surface area contributed by atoms with Gasteiger partial charge in [-0.05, 0) is 56.2 Å². The van der Waals surface area contributed by atoms with E-state index >= 15 is 0 Å². The highest BCUT2D eigenvalue weighted by molar-refractivity contribution is 5.99. The molecule has 1 aromatic heterocycles. The average Bonchev–Trinajstić information content (AvgIpc) is 3.47. The standard InChI is InChI=1S/C37H36N2O3/c1-6-26-17-19-27(20-18-26)24-41-34-23-28(39(7-2)8-3)21-22-32(34)37(31-15-11-9-13-29(31)36(40)42-37)35-25(4)38(5)33-16-12-10-14-30(33)35/h6,9-23H,1,7-8,24H2,2-5H3. The zero-order valence-corrected chi connectivity index (χ0v) is 24.7. The van der Waals surface area contributed by atoms with Gasteiger partial charge >= 0.3 is 5.97 Å². The summed E-state index contributed by atoms with van der Waals surface area (Å²) >= 11 is 0. The van der Waals surface area contributed by atoms with Crippen molar-refractivity contribution < 1.29 is 14.3 Å². The molecule has 5 nitrogen and oxygen atoms in total.